The lowest BCUT2D eigenvalue weighted by molar-refractivity contribution is -0.138. The molecule has 7 heteroatoms. The van der Waals surface area contributed by atoms with Gasteiger partial charge >= 0.3 is 5.97 Å². The summed E-state index contributed by atoms with van der Waals surface area (Å²) in [6.07, 6.45) is 1.60. The Morgan fingerprint density at radius 1 is 1.50 bits per heavy atom. The molecule has 0 saturated heterocycles. The van der Waals surface area contributed by atoms with E-state index in [1.165, 1.54) is 0 Å². The van der Waals surface area contributed by atoms with Crippen LogP contribution >= 0.6 is 11.8 Å². The molecule has 0 rings (SSSR count). The molecule has 0 bridgehead atoms. The average molecular weight is 276 g/mol. The minimum atomic E-state index is -1.11. The zero-order valence-electron chi connectivity index (χ0n) is 10.7. The molecule has 0 saturated carbocycles. The Hall–Kier alpha value is -1.08. The summed E-state index contributed by atoms with van der Waals surface area (Å²) < 4.78 is 0. The standard InChI is InChI=1S/C11H20N2O4S/c1-3-4-13(2)10(15)5-8(6-14)18-7-9(12)11(16)17/h6,8-9H,3-5,7,12H2,1-2H3,(H,16,17). The highest BCUT2D eigenvalue weighted by Crippen LogP contribution is 2.14. The number of nitrogens with zero attached hydrogens (tertiary/aromatic N) is 1. The van der Waals surface area contributed by atoms with Crippen molar-refractivity contribution in [2.75, 3.05) is 19.3 Å². The van der Waals surface area contributed by atoms with Gasteiger partial charge in [-0.3, -0.25) is 9.59 Å². The topological polar surface area (TPSA) is 101 Å². The first-order valence-electron chi connectivity index (χ1n) is 5.71. The minimum Gasteiger partial charge on any atom is -0.480 e. The van der Waals surface area contributed by atoms with E-state index >= 15 is 0 Å². The number of hydrogen-bond acceptors (Lipinski definition) is 5. The van der Waals surface area contributed by atoms with Gasteiger partial charge in [0.2, 0.25) is 5.91 Å². The van der Waals surface area contributed by atoms with Gasteiger partial charge in [-0.05, 0) is 6.42 Å². The van der Waals surface area contributed by atoms with Crippen molar-refractivity contribution in [3.63, 3.8) is 0 Å². The molecule has 1 amide bonds. The Morgan fingerprint density at radius 2 is 2.11 bits per heavy atom. The molecule has 18 heavy (non-hydrogen) atoms. The van der Waals surface area contributed by atoms with Gasteiger partial charge in [-0.1, -0.05) is 6.92 Å². The van der Waals surface area contributed by atoms with Crippen LogP contribution in [-0.4, -0.2) is 58.8 Å². The van der Waals surface area contributed by atoms with E-state index in [1.54, 1.807) is 11.9 Å². The summed E-state index contributed by atoms with van der Waals surface area (Å²) in [5.41, 5.74) is 5.33. The summed E-state index contributed by atoms with van der Waals surface area (Å²) >= 11 is 1.10. The molecule has 0 aromatic carbocycles. The first-order chi connectivity index (χ1) is 8.42. The fraction of sp³-hybridized carbons (Fsp3) is 0.727. The number of hydrogen-bond donors (Lipinski definition) is 2. The molecular formula is C11H20N2O4S. The summed E-state index contributed by atoms with van der Waals surface area (Å²) in [5.74, 6) is -1.12. The van der Waals surface area contributed by atoms with Gasteiger partial charge in [-0.2, -0.15) is 0 Å². The van der Waals surface area contributed by atoms with Crippen LogP contribution < -0.4 is 5.73 Å². The lowest BCUT2D eigenvalue weighted by Gasteiger charge is -2.18. The summed E-state index contributed by atoms with van der Waals surface area (Å²) in [5, 5.41) is 8.07. The van der Waals surface area contributed by atoms with Gasteiger partial charge in [0, 0.05) is 25.8 Å². The molecule has 0 spiro atoms. The lowest BCUT2D eigenvalue weighted by Crippen LogP contribution is -2.34. The fourth-order valence-corrected chi connectivity index (χ4v) is 2.17. The third-order valence-corrected chi connectivity index (χ3v) is 3.58. The molecule has 0 aromatic rings. The van der Waals surface area contributed by atoms with Crippen molar-refractivity contribution in [2.45, 2.75) is 31.1 Å². The third-order valence-electron chi connectivity index (χ3n) is 2.32. The van der Waals surface area contributed by atoms with Gasteiger partial charge in [-0.15, -0.1) is 11.8 Å². The maximum atomic E-state index is 11.7. The fourth-order valence-electron chi connectivity index (χ4n) is 1.23. The first kappa shape index (κ1) is 16.9. The minimum absolute atomic E-state index is 0.0804. The summed E-state index contributed by atoms with van der Waals surface area (Å²) in [6, 6.07) is -1.01. The molecule has 6 nitrogen and oxygen atoms in total. The third kappa shape index (κ3) is 6.61. The molecule has 0 aromatic heterocycles. The van der Waals surface area contributed by atoms with Gasteiger partial charge in [0.25, 0.3) is 0 Å². The van der Waals surface area contributed by atoms with Gasteiger partial charge < -0.3 is 20.5 Å². The second-order valence-electron chi connectivity index (χ2n) is 3.97. The Labute approximate surface area is 111 Å². The number of amides is 1. The molecule has 2 unspecified atom stereocenters. The van der Waals surface area contributed by atoms with Crippen molar-refractivity contribution < 1.29 is 19.5 Å². The monoisotopic (exact) mass is 276 g/mol. The molecule has 0 heterocycles. The van der Waals surface area contributed by atoms with Crippen LogP contribution in [0.4, 0.5) is 0 Å². The number of carbonyl (C=O) groups excluding carboxylic acids is 2. The van der Waals surface area contributed by atoms with Gasteiger partial charge in [0.1, 0.15) is 12.3 Å². The van der Waals surface area contributed by atoms with E-state index in [2.05, 4.69) is 0 Å². The van der Waals surface area contributed by atoms with E-state index in [-0.39, 0.29) is 18.1 Å². The van der Waals surface area contributed by atoms with E-state index in [0.29, 0.717) is 12.8 Å². The lowest BCUT2D eigenvalue weighted by atomic mass is 10.3. The van der Waals surface area contributed by atoms with Crippen LogP contribution in [0.15, 0.2) is 0 Å². The number of carbonyl (C=O) groups is 3. The molecule has 0 aliphatic heterocycles. The molecule has 0 aliphatic rings. The molecule has 104 valence electrons. The van der Waals surface area contributed by atoms with E-state index < -0.39 is 17.3 Å². The second-order valence-corrected chi connectivity index (χ2v) is 5.24. The number of aldehydes is 1. The van der Waals surface area contributed by atoms with Gasteiger partial charge in [0.15, 0.2) is 0 Å². The number of aliphatic carboxylic acids is 1. The molecular weight excluding hydrogens is 256 g/mol. The number of carboxylic acid groups (broad SMARTS) is 1. The smallest absolute Gasteiger partial charge is 0.321 e. The van der Waals surface area contributed by atoms with E-state index in [1.807, 2.05) is 6.92 Å². The van der Waals surface area contributed by atoms with E-state index in [4.69, 9.17) is 10.8 Å². The zero-order valence-corrected chi connectivity index (χ0v) is 11.5. The molecule has 0 radical (unpaired) electrons. The van der Waals surface area contributed by atoms with Crippen molar-refractivity contribution in [1.82, 2.24) is 4.90 Å². The van der Waals surface area contributed by atoms with Gasteiger partial charge in [-0.25, -0.2) is 0 Å². The molecule has 0 aliphatic carbocycles. The Kier molecular flexibility index (Phi) is 8.40. The summed E-state index contributed by atoms with van der Waals surface area (Å²) in [6.45, 7) is 2.60. The van der Waals surface area contributed by atoms with Crippen molar-refractivity contribution >= 4 is 29.9 Å². The van der Waals surface area contributed by atoms with Crippen LogP contribution in [0.3, 0.4) is 0 Å². The summed E-state index contributed by atoms with van der Waals surface area (Å²) in [7, 11) is 1.68. The van der Waals surface area contributed by atoms with E-state index in [0.717, 1.165) is 18.2 Å². The van der Waals surface area contributed by atoms with Crippen LogP contribution in [0, 0.1) is 0 Å². The number of rotatable bonds is 9. The molecule has 3 N–H and O–H groups in total. The van der Waals surface area contributed by atoms with Crippen LogP contribution in [0.25, 0.3) is 0 Å². The highest BCUT2D eigenvalue weighted by Gasteiger charge is 2.19. The highest BCUT2D eigenvalue weighted by molar-refractivity contribution is 8.00. The van der Waals surface area contributed by atoms with Crippen LogP contribution in [0.5, 0.6) is 0 Å². The average Bonchev–Trinajstić information content (AvgIpc) is 2.33. The van der Waals surface area contributed by atoms with Crippen LogP contribution in [0.2, 0.25) is 0 Å². The Bertz CT molecular complexity index is 299. The second kappa shape index (κ2) is 8.93. The zero-order chi connectivity index (χ0) is 14.1. The maximum Gasteiger partial charge on any atom is 0.321 e. The molecule has 2 atom stereocenters. The Balaban J connectivity index is 4.15. The number of carboxylic acids is 1. The van der Waals surface area contributed by atoms with Crippen LogP contribution in [-0.2, 0) is 14.4 Å². The largest absolute Gasteiger partial charge is 0.480 e. The van der Waals surface area contributed by atoms with Crippen LogP contribution in [0.1, 0.15) is 19.8 Å². The van der Waals surface area contributed by atoms with Crippen molar-refractivity contribution in [2.24, 2.45) is 5.73 Å². The predicted octanol–water partition coefficient (Wildman–Crippen LogP) is -0.0425. The summed E-state index contributed by atoms with van der Waals surface area (Å²) in [4.78, 5) is 34.6. The van der Waals surface area contributed by atoms with Crippen molar-refractivity contribution in [3.8, 4) is 0 Å². The Morgan fingerprint density at radius 3 is 2.56 bits per heavy atom. The van der Waals surface area contributed by atoms with E-state index in [9.17, 15) is 14.4 Å². The number of nitrogens with two attached hydrogens (primary N) is 1. The first-order valence-corrected chi connectivity index (χ1v) is 6.76. The quantitative estimate of drug-likeness (QED) is 0.573. The SMILES string of the molecule is CCCN(C)C(=O)CC(C=O)SCC(N)C(=O)O. The maximum absolute atomic E-state index is 11.7. The predicted molar refractivity (Wildman–Crippen MR) is 70.5 cm³/mol. The normalized spacial score (nSPS) is 13.7. The van der Waals surface area contributed by atoms with Crippen molar-refractivity contribution in [3.05, 3.63) is 0 Å². The number of thioether (sulfide) groups is 1. The van der Waals surface area contributed by atoms with Gasteiger partial charge in [0.05, 0.1) is 5.25 Å². The molecule has 0 fully saturated rings. The highest BCUT2D eigenvalue weighted by atomic mass is 32.2. The van der Waals surface area contributed by atoms with Crippen molar-refractivity contribution in [1.29, 1.82) is 0 Å².